The minimum absolute atomic E-state index is 0.111. The molecule has 0 aliphatic heterocycles. The average molecular weight is 211 g/mol. The van der Waals surface area contributed by atoms with Crippen molar-refractivity contribution in [2.45, 2.75) is 18.9 Å². The molecule has 0 radical (unpaired) electrons. The molecule has 0 rings (SSSR count). The van der Waals surface area contributed by atoms with Crippen LogP contribution < -0.4 is 11.1 Å². The topological polar surface area (TPSA) is 75.4 Å². The van der Waals surface area contributed by atoms with Crippen LogP contribution in [0.15, 0.2) is 0 Å². The van der Waals surface area contributed by atoms with Gasteiger partial charge in [-0.1, -0.05) is 0 Å². The van der Waals surface area contributed by atoms with Crippen LogP contribution in [0.4, 0.5) is 0 Å². The zero-order valence-corrected chi connectivity index (χ0v) is 9.12. The molecule has 0 aromatic heterocycles. The van der Waals surface area contributed by atoms with Gasteiger partial charge in [0.1, 0.15) is 0 Å². The lowest BCUT2D eigenvalue weighted by Gasteiger charge is -2.19. The Labute approximate surface area is 90.0 Å². The summed E-state index contributed by atoms with van der Waals surface area (Å²) in [7, 11) is 3.15. The molecule has 0 fully saturated rings. The molecule has 3 N–H and O–H groups in total. The van der Waals surface area contributed by atoms with E-state index in [0.29, 0.717) is 6.54 Å². The number of likely N-dealkylation sites (N-methyl/N-ethyl adjacent to an activating group) is 1. The number of terminal acetylenes is 1. The van der Waals surface area contributed by atoms with Crippen molar-refractivity contribution in [1.29, 1.82) is 0 Å². The summed E-state index contributed by atoms with van der Waals surface area (Å²) in [6, 6.07) is -0.676. The lowest BCUT2D eigenvalue weighted by molar-refractivity contribution is -0.131. The number of hydrogen-bond acceptors (Lipinski definition) is 3. The van der Waals surface area contributed by atoms with E-state index < -0.39 is 6.04 Å². The molecule has 0 aliphatic carbocycles. The first-order valence-corrected chi connectivity index (χ1v) is 4.67. The van der Waals surface area contributed by atoms with E-state index in [4.69, 9.17) is 12.2 Å². The van der Waals surface area contributed by atoms with Gasteiger partial charge in [-0.3, -0.25) is 9.59 Å². The number of rotatable bonds is 5. The van der Waals surface area contributed by atoms with Gasteiger partial charge in [0, 0.05) is 33.5 Å². The van der Waals surface area contributed by atoms with E-state index in [2.05, 4.69) is 11.2 Å². The standard InChI is InChI=1S/C10H17N3O2/c1-4-5-8(11)10(15)13(3)7-6-9(14)12-2/h1,8H,5-7,11H2,2-3H3,(H,12,14). The van der Waals surface area contributed by atoms with Gasteiger partial charge in [-0.05, 0) is 0 Å². The second-order valence-corrected chi connectivity index (χ2v) is 3.20. The molecule has 0 saturated carbocycles. The van der Waals surface area contributed by atoms with Gasteiger partial charge in [-0.15, -0.1) is 12.3 Å². The normalized spacial score (nSPS) is 11.3. The highest BCUT2D eigenvalue weighted by Crippen LogP contribution is 1.95. The molecule has 2 amide bonds. The van der Waals surface area contributed by atoms with Crippen LogP contribution in [0, 0.1) is 12.3 Å². The minimum atomic E-state index is -0.676. The van der Waals surface area contributed by atoms with Crippen molar-refractivity contribution in [1.82, 2.24) is 10.2 Å². The Kier molecular flexibility index (Phi) is 6.14. The second kappa shape index (κ2) is 6.85. The number of carbonyl (C=O) groups is 2. The molecule has 0 spiro atoms. The summed E-state index contributed by atoms with van der Waals surface area (Å²) in [6.07, 6.45) is 5.52. The maximum atomic E-state index is 11.5. The largest absolute Gasteiger partial charge is 0.359 e. The molecule has 1 unspecified atom stereocenters. The number of nitrogens with zero attached hydrogens (tertiary/aromatic N) is 1. The Morgan fingerprint density at radius 2 is 2.20 bits per heavy atom. The van der Waals surface area contributed by atoms with Gasteiger partial charge in [0.2, 0.25) is 11.8 Å². The Bertz CT molecular complexity index is 270. The van der Waals surface area contributed by atoms with Gasteiger partial charge in [0.05, 0.1) is 6.04 Å². The Morgan fingerprint density at radius 3 is 2.67 bits per heavy atom. The second-order valence-electron chi connectivity index (χ2n) is 3.20. The quantitative estimate of drug-likeness (QED) is 0.569. The number of carbonyl (C=O) groups excluding carboxylic acids is 2. The number of nitrogens with one attached hydrogen (secondary N) is 1. The number of amides is 2. The van der Waals surface area contributed by atoms with Gasteiger partial charge < -0.3 is 16.0 Å². The van der Waals surface area contributed by atoms with Gasteiger partial charge in [0.25, 0.3) is 0 Å². The summed E-state index contributed by atoms with van der Waals surface area (Å²) in [5, 5.41) is 2.47. The lowest BCUT2D eigenvalue weighted by Crippen LogP contribution is -2.42. The van der Waals surface area contributed by atoms with Crippen LogP contribution in [0.3, 0.4) is 0 Å². The van der Waals surface area contributed by atoms with Crippen molar-refractivity contribution in [3.05, 3.63) is 0 Å². The van der Waals surface area contributed by atoms with Crippen molar-refractivity contribution in [2.75, 3.05) is 20.6 Å². The van der Waals surface area contributed by atoms with Gasteiger partial charge in [-0.25, -0.2) is 0 Å². The van der Waals surface area contributed by atoms with E-state index in [9.17, 15) is 9.59 Å². The van der Waals surface area contributed by atoms with Crippen LogP contribution in [0.25, 0.3) is 0 Å². The molecule has 84 valence electrons. The fourth-order valence-electron chi connectivity index (χ4n) is 1.00. The first-order valence-electron chi connectivity index (χ1n) is 4.67. The Hall–Kier alpha value is -1.54. The highest BCUT2D eigenvalue weighted by molar-refractivity contribution is 5.82. The Morgan fingerprint density at radius 1 is 1.60 bits per heavy atom. The fraction of sp³-hybridized carbons (Fsp3) is 0.600. The van der Waals surface area contributed by atoms with Gasteiger partial charge >= 0.3 is 0 Å². The summed E-state index contributed by atoms with van der Waals surface area (Å²) in [4.78, 5) is 23.8. The molecule has 0 aliphatic rings. The van der Waals surface area contributed by atoms with Crippen LogP contribution in [0.5, 0.6) is 0 Å². The number of hydrogen-bond donors (Lipinski definition) is 2. The molecule has 0 bridgehead atoms. The van der Waals surface area contributed by atoms with Crippen LogP contribution in [0.1, 0.15) is 12.8 Å². The van der Waals surface area contributed by atoms with Crippen molar-refractivity contribution in [3.63, 3.8) is 0 Å². The first-order chi connectivity index (χ1) is 7.02. The summed E-state index contributed by atoms with van der Waals surface area (Å²) in [6.45, 7) is 0.344. The fourth-order valence-corrected chi connectivity index (χ4v) is 1.00. The van der Waals surface area contributed by atoms with E-state index in [-0.39, 0.29) is 24.7 Å². The zero-order chi connectivity index (χ0) is 11.8. The molecule has 0 aromatic carbocycles. The Balaban J connectivity index is 3.99. The zero-order valence-electron chi connectivity index (χ0n) is 9.12. The molecule has 0 aromatic rings. The number of nitrogens with two attached hydrogens (primary N) is 1. The minimum Gasteiger partial charge on any atom is -0.359 e. The monoisotopic (exact) mass is 211 g/mol. The molecular weight excluding hydrogens is 194 g/mol. The van der Waals surface area contributed by atoms with Crippen molar-refractivity contribution in [2.24, 2.45) is 5.73 Å². The predicted octanol–water partition coefficient (Wildman–Crippen LogP) is -1.07. The third-order valence-corrected chi connectivity index (χ3v) is 1.98. The van der Waals surface area contributed by atoms with E-state index in [0.717, 1.165) is 0 Å². The average Bonchev–Trinajstić information content (AvgIpc) is 2.24. The lowest BCUT2D eigenvalue weighted by atomic mass is 10.2. The first kappa shape index (κ1) is 13.5. The SMILES string of the molecule is C#CCC(N)C(=O)N(C)CCC(=O)NC. The highest BCUT2D eigenvalue weighted by Gasteiger charge is 2.17. The summed E-state index contributed by atoms with van der Waals surface area (Å²) in [5.41, 5.74) is 5.53. The van der Waals surface area contributed by atoms with E-state index in [1.807, 2.05) is 0 Å². The highest BCUT2D eigenvalue weighted by atomic mass is 16.2. The van der Waals surface area contributed by atoms with E-state index in [1.54, 1.807) is 14.1 Å². The van der Waals surface area contributed by atoms with E-state index in [1.165, 1.54) is 4.90 Å². The third kappa shape index (κ3) is 5.03. The molecular formula is C10H17N3O2. The molecule has 0 heterocycles. The predicted molar refractivity (Wildman–Crippen MR) is 57.7 cm³/mol. The van der Waals surface area contributed by atoms with Crippen LogP contribution in [-0.4, -0.2) is 43.4 Å². The molecule has 0 saturated heterocycles. The summed E-state index contributed by atoms with van der Waals surface area (Å²) < 4.78 is 0. The maximum Gasteiger partial charge on any atom is 0.240 e. The molecule has 1 atom stereocenters. The summed E-state index contributed by atoms with van der Waals surface area (Å²) >= 11 is 0. The van der Waals surface area contributed by atoms with Crippen LogP contribution in [-0.2, 0) is 9.59 Å². The van der Waals surface area contributed by atoms with Crippen molar-refractivity contribution in [3.8, 4) is 12.3 Å². The molecule has 5 nitrogen and oxygen atoms in total. The smallest absolute Gasteiger partial charge is 0.240 e. The molecule has 15 heavy (non-hydrogen) atoms. The van der Waals surface area contributed by atoms with Crippen LogP contribution in [0.2, 0.25) is 0 Å². The van der Waals surface area contributed by atoms with E-state index >= 15 is 0 Å². The molecule has 5 heteroatoms. The van der Waals surface area contributed by atoms with Crippen molar-refractivity contribution >= 4 is 11.8 Å². The van der Waals surface area contributed by atoms with Crippen LogP contribution >= 0.6 is 0 Å². The third-order valence-electron chi connectivity index (χ3n) is 1.98. The summed E-state index contributed by atoms with van der Waals surface area (Å²) in [5.74, 6) is 1.98. The maximum absolute atomic E-state index is 11.5. The van der Waals surface area contributed by atoms with Gasteiger partial charge in [0.15, 0.2) is 0 Å². The van der Waals surface area contributed by atoms with Crippen molar-refractivity contribution < 1.29 is 9.59 Å². The van der Waals surface area contributed by atoms with Gasteiger partial charge in [-0.2, -0.15) is 0 Å².